The standard InChI is InChI=1S/C20H20N4O5/c1-2-12-20(14-6-4-3-5-7-14)18(26)23(19(27)22-20)13-17(25)21-15-8-10-16(11-9-15)24(28)29/h3-11H,2,12-13H2,1H3,(H,21,25)(H,22,27). The Kier molecular flexibility index (Phi) is 5.58. The lowest BCUT2D eigenvalue weighted by Gasteiger charge is -2.26. The fraction of sp³-hybridized carbons (Fsp3) is 0.250. The number of amides is 4. The lowest BCUT2D eigenvalue weighted by atomic mass is 9.85. The van der Waals surface area contributed by atoms with Crippen molar-refractivity contribution in [2.45, 2.75) is 25.3 Å². The van der Waals surface area contributed by atoms with Crippen molar-refractivity contribution in [2.75, 3.05) is 11.9 Å². The van der Waals surface area contributed by atoms with E-state index in [2.05, 4.69) is 10.6 Å². The van der Waals surface area contributed by atoms with Gasteiger partial charge in [-0.1, -0.05) is 43.7 Å². The molecule has 9 nitrogen and oxygen atoms in total. The third-order valence-electron chi connectivity index (χ3n) is 4.73. The molecule has 1 aliphatic heterocycles. The van der Waals surface area contributed by atoms with Gasteiger partial charge in [0, 0.05) is 17.8 Å². The summed E-state index contributed by atoms with van der Waals surface area (Å²) in [6.45, 7) is 1.45. The van der Waals surface area contributed by atoms with Crippen molar-refractivity contribution in [3.63, 3.8) is 0 Å². The molecule has 0 radical (unpaired) electrons. The Balaban J connectivity index is 1.75. The van der Waals surface area contributed by atoms with Gasteiger partial charge in [-0.25, -0.2) is 4.79 Å². The fourth-order valence-corrected chi connectivity index (χ4v) is 3.39. The molecule has 3 rings (SSSR count). The van der Waals surface area contributed by atoms with Gasteiger partial charge < -0.3 is 10.6 Å². The maximum absolute atomic E-state index is 13.1. The Labute approximate surface area is 166 Å². The van der Waals surface area contributed by atoms with Crippen LogP contribution in [0.2, 0.25) is 0 Å². The normalized spacial score (nSPS) is 18.4. The second-order valence-electron chi connectivity index (χ2n) is 6.69. The summed E-state index contributed by atoms with van der Waals surface area (Å²) in [5.74, 6) is -1.06. The first-order chi connectivity index (χ1) is 13.9. The van der Waals surface area contributed by atoms with Gasteiger partial charge in [-0.2, -0.15) is 0 Å². The minimum absolute atomic E-state index is 0.107. The van der Waals surface area contributed by atoms with Crippen molar-refractivity contribution in [1.82, 2.24) is 10.2 Å². The molecule has 1 atom stereocenters. The molecule has 1 heterocycles. The minimum atomic E-state index is -1.19. The van der Waals surface area contributed by atoms with Crippen LogP contribution in [0.25, 0.3) is 0 Å². The van der Waals surface area contributed by atoms with Crippen LogP contribution >= 0.6 is 0 Å². The lowest BCUT2D eigenvalue weighted by Crippen LogP contribution is -2.44. The highest BCUT2D eigenvalue weighted by atomic mass is 16.6. The van der Waals surface area contributed by atoms with Crippen molar-refractivity contribution in [2.24, 2.45) is 0 Å². The van der Waals surface area contributed by atoms with Crippen molar-refractivity contribution < 1.29 is 19.3 Å². The molecule has 0 spiro atoms. The molecule has 150 valence electrons. The van der Waals surface area contributed by atoms with Gasteiger partial charge in [0.15, 0.2) is 0 Å². The number of carbonyl (C=O) groups is 3. The third kappa shape index (κ3) is 3.93. The largest absolute Gasteiger partial charge is 0.325 e. The molecule has 0 saturated carbocycles. The Bertz CT molecular complexity index is 945. The summed E-state index contributed by atoms with van der Waals surface area (Å²) in [4.78, 5) is 49.0. The summed E-state index contributed by atoms with van der Waals surface area (Å²) in [6, 6.07) is 13.6. The molecule has 4 amide bonds. The van der Waals surface area contributed by atoms with Gasteiger partial charge in [0.2, 0.25) is 5.91 Å². The van der Waals surface area contributed by atoms with Crippen LogP contribution in [-0.2, 0) is 15.1 Å². The maximum atomic E-state index is 13.1. The van der Waals surface area contributed by atoms with Crippen molar-refractivity contribution in [3.8, 4) is 0 Å². The number of nitrogens with zero attached hydrogens (tertiary/aromatic N) is 2. The third-order valence-corrected chi connectivity index (χ3v) is 4.73. The first-order valence-electron chi connectivity index (χ1n) is 9.11. The van der Waals surface area contributed by atoms with E-state index >= 15 is 0 Å². The molecule has 0 aliphatic carbocycles. The molecule has 2 N–H and O–H groups in total. The molecule has 1 saturated heterocycles. The number of nitro benzene ring substituents is 1. The zero-order valence-corrected chi connectivity index (χ0v) is 15.8. The number of hydrogen-bond donors (Lipinski definition) is 2. The van der Waals surface area contributed by atoms with E-state index in [9.17, 15) is 24.5 Å². The van der Waals surface area contributed by atoms with E-state index in [0.29, 0.717) is 24.1 Å². The number of carbonyl (C=O) groups excluding carboxylic acids is 3. The Morgan fingerprint density at radius 1 is 1.14 bits per heavy atom. The number of non-ortho nitro benzene ring substituents is 1. The summed E-state index contributed by atoms with van der Waals surface area (Å²) in [7, 11) is 0. The van der Waals surface area contributed by atoms with Crippen molar-refractivity contribution >= 4 is 29.2 Å². The predicted molar refractivity (Wildman–Crippen MR) is 105 cm³/mol. The number of urea groups is 1. The van der Waals surface area contributed by atoms with Crippen LogP contribution < -0.4 is 10.6 Å². The van der Waals surface area contributed by atoms with Gasteiger partial charge in [0.25, 0.3) is 11.6 Å². The van der Waals surface area contributed by atoms with Gasteiger partial charge in [-0.15, -0.1) is 0 Å². The zero-order valence-electron chi connectivity index (χ0n) is 15.8. The van der Waals surface area contributed by atoms with E-state index in [1.165, 1.54) is 24.3 Å². The van der Waals surface area contributed by atoms with E-state index < -0.39 is 34.9 Å². The molecule has 0 aromatic heterocycles. The topological polar surface area (TPSA) is 122 Å². The lowest BCUT2D eigenvalue weighted by molar-refractivity contribution is -0.384. The van der Waals surface area contributed by atoms with Crippen LogP contribution in [0.4, 0.5) is 16.2 Å². The smallest absolute Gasteiger partial charge is 0.325 e. The summed E-state index contributed by atoms with van der Waals surface area (Å²) < 4.78 is 0. The quantitative estimate of drug-likeness (QED) is 0.423. The van der Waals surface area contributed by atoms with Crippen LogP contribution in [0.15, 0.2) is 54.6 Å². The Morgan fingerprint density at radius 2 is 1.79 bits per heavy atom. The van der Waals surface area contributed by atoms with Crippen LogP contribution in [0.5, 0.6) is 0 Å². The average molecular weight is 396 g/mol. The molecule has 2 aromatic rings. The van der Waals surface area contributed by atoms with Crippen LogP contribution in [0.1, 0.15) is 25.3 Å². The molecule has 2 aromatic carbocycles. The van der Waals surface area contributed by atoms with Crippen molar-refractivity contribution in [3.05, 3.63) is 70.3 Å². The summed E-state index contributed by atoms with van der Waals surface area (Å²) in [6.07, 6.45) is 1.06. The fourth-order valence-electron chi connectivity index (χ4n) is 3.39. The molecular formula is C20H20N4O5. The average Bonchev–Trinajstić information content (AvgIpc) is 2.94. The number of benzene rings is 2. The van der Waals surface area contributed by atoms with E-state index in [4.69, 9.17) is 0 Å². The molecule has 1 fully saturated rings. The maximum Gasteiger partial charge on any atom is 0.325 e. The van der Waals surface area contributed by atoms with Crippen molar-refractivity contribution in [1.29, 1.82) is 0 Å². The number of anilines is 1. The van der Waals surface area contributed by atoms with Gasteiger partial charge in [0.05, 0.1) is 4.92 Å². The van der Waals surface area contributed by atoms with Crippen LogP contribution in [0.3, 0.4) is 0 Å². The zero-order chi connectivity index (χ0) is 21.0. The summed E-state index contributed by atoms with van der Waals surface area (Å²) >= 11 is 0. The van der Waals surface area contributed by atoms with Gasteiger partial charge in [-0.05, 0) is 24.1 Å². The minimum Gasteiger partial charge on any atom is -0.325 e. The SMILES string of the molecule is CCCC1(c2ccccc2)NC(=O)N(CC(=O)Nc2ccc([N+](=O)[O-])cc2)C1=O. The summed E-state index contributed by atoms with van der Waals surface area (Å²) in [5.41, 5.74) is -0.306. The van der Waals surface area contributed by atoms with Gasteiger partial charge in [-0.3, -0.25) is 24.6 Å². The Hall–Kier alpha value is -3.75. The second-order valence-corrected chi connectivity index (χ2v) is 6.69. The van der Waals surface area contributed by atoms with Gasteiger partial charge >= 0.3 is 6.03 Å². The number of nitro groups is 1. The molecule has 29 heavy (non-hydrogen) atoms. The Morgan fingerprint density at radius 3 is 2.38 bits per heavy atom. The second kappa shape index (κ2) is 8.09. The summed E-state index contributed by atoms with van der Waals surface area (Å²) in [5, 5.41) is 16.0. The van der Waals surface area contributed by atoms with Crippen LogP contribution in [0, 0.1) is 10.1 Å². The van der Waals surface area contributed by atoms with E-state index in [0.717, 1.165) is 4.90 Å². The number of rotatable bonds is 7. The number of nitrogens with one attached hydrogen (secondary N) is 2. The molecule has 0 bridgehead atoms. The van der Waals surface area contributed by atoms with Crippen LogP contribution in [-0.4, -0.2) is 34.2 Å². The first-order valence-corrected chi connectivity index (χ1v) is 9.11. The monoisotopic (exact) mass is 396 g/mol. The molecule has 1 aliphatic rings. The van der Waals surface area contributed by atoms with Gasteiger partial charge in [0.1, 0.15) is 12.1 Å². The molecular weight excluding hydrogens is 376 g/mol. The predicted octanol–water partition coefficient (Wildman–Crippen LogP) is 2.78. The highest BCUT2D eigenvalue weighted by Crippen LogP contribution is 2.33. The highest BCUT2D eigenvalue weighted by molar-refractivity contribution is 6.10. The highest BCUT2D eigenvalue weighted by Gasteiger charge is 2.52. The van der Waals surface area contributed by atoms with E-state index in [-0.39, 0.29) is 5.69 Å². The first kappa shape index (κ1) is 20.0. The molecule has 1 unspecified atom stereocenters. The molecule has 9 heteroatoms. The van der Waals surface area contributed by atoms with E-state index in [1.54, 1.807) is 24.3 Å². The number of hydrogen-bond acceptors (Lipinski definition) is 5. The number of imide groups is 1. The van der Waals surface area contributed by atoms with E-state index in [1.807, 2.05) is 13.0 Å².